The van der Waals surface area contributed by atoms with E-state index in [9.17, 15) is 4.79 Å². The number of benzene rings is 1. The Kier molecular flexibility index (Phi) is 2.26. The molecule has 1 atom stereocenters. The molecular formula is C13H12O3. The Labute approximate surface area is 92.6 Å². The minimum atomic E-state index is -0.0442. The van der Waals surface area contributed by atoms with E-state index >= 15 is 0 Å². The van der Waals surface area contributed by atoms with Crippen molar-refractivity contribution in [2.75, 3.05) is 6.61 Å². The third kappa shape index (κ3) is 1.53. The molecule has 3 rings (SSSR count). The Hall–Kier alpha value is -1.61. The molecule has 16 heavy (non-hydrogen) atoms. The molecule has 82 valence electrons. The Morgan fingerprint density at radius 1 is 1.25 bits per heavy atom. The number of para-hydroxylation sites is 1. The van der Waals surface area contributed by atoms with Gasteiger partial charge >= 0.3 is 0 Å². The standard InChI is InChI=1S/C13H12O3/c14-10-8-13(12-6-3-7-15-12)16-11-5-2-1-4-9(10)11/h1-2,4-5,8,12H,3,6-7H2/t12-/m0/s1. The second-order valence-electron chi connectivity index (χ2n) is 4.01. The number of ether oxygens (including phenoxy) is 1. The molecule has 3 nitrogen and oxygen atoms in total. The lowest BCUT2D eigenvalue weighted by Crippen LogP contribution is -2.05. The van der Waals surface area contributed by atoms with Crippen LogP contribution >= 0.6 is 0 Å². The molecule has 1 fully saturated rings. The summed E-state index contributed by atoms with van der Waals surface area (Å²) in [6, 6.07) is 8.85. The Balaban J connectivity index is 2.17. The first-order valence-electron chi connectivity index (χ1n) is 5.49. The van der Waals surface area contributed by atoms with Gasteiger partial charge in [-0.05, 0) is 25.0 Å². The molecule has 0 bridgehead atoms. The van der Waals surface area contributed by atoms with Gasteiger partial charge in [-0.2, -0.15) is 0 Å². The molecular weight excluding hydrogens is 204 g/mol. The van der Waals surface area contributed by atoms with Gasteiger partial charge in [-0.25, -0.2) is 0 Å². The van der Waals surface area contributed by atoms with Gasteiger partial charge in [0.2, 0.25) is 0 Å². The molecule has 0 amide bonds. The van der Waals surface area contributed by atoms with Crippen LogP contribution in [0.1, 0.15) is 24.7 Å². The summed E-state index contributed by atoms with van der Waals surface area (Å²) in [6.07, 6.45) is 1.92. The molecule has 1 aliphatic heterocycles. The average Bonchev–Trinajstić information content (AvgIpc) is 2.82. The fourth-order valence-electron chi connectivity index (χ4n) is 2.08. The van der Waals surface area contributed by atoms with E-state index in [1.807, 2.05) is 18.2 Å². The minimum Gasteiger partial charge on any atom is -0.458 e. The zero-order valence-electron chi connectivity index (χ0n) is 8.81. The fourth-order valence-corrected chi connectivity index (χ4v) is 2.08. The predicted octanol–water partition coefficient (Wildman–Crippen LogP) is 2.64. The van der Waals surface area contributed by atoms with Crippen molar-refractivity contribution in [2.45, 2.75) is 18.9 Å². The quantitative estimate of drug-likeness (QED) is 0.735. The summed E-state index contributed by atoms with van der Waals surface area (Å²) in [5, 5.41) is 0.629. The first-order chi connectivity index (χ1) is 7.84. The van der Waals surface area contributed by atoms with Gasteiger partial charge in [-0.1, -0.05) is 12.1 Å². The molecule has 0 aliphatic carbocycles. The van der Waals surface area contributed by atoms with E-state index in [0.717, 1.165) is 19.4 Å². The molecule has 0 saturated carbocycles. The van der Waals surface area contributed by atoms with E-state index in [4.69, 9.17) is 9.15 Å². The summed E-state index contributed by atoms with van der Waals surface area (Å²) >= 11 is 0. The van der Waals surface area contributed by atoms with Crippen LogP contribution in [0.2, 0.25) is 0 Å². The van der Waals surface area contributed by atoms with E-state index in [1.165, 1.54) is 0 Å². The monoisotopic (exact) mass is 216 g/mol. The second kappa shape index (κ2) is 3.76. The van der Waals surface area contributed by atoms with Gasteiger partial charge in [-0.3, -0.25) is 4.79 Å². The Morgan fingerprint density at radius 2 is 2.12 bits per heavy atom. The maximum atomic E-state index is 11.8. The van der Waals surface area contributed by atoms with Crippen molar-refractivity contribution in [3.63, 3.8) is 0 Å². The van der Waals surface area contributed by atoms with Crippen molar-refractivity contribution < 1.29 is 9.15 Å². The van der Waals surface area contributed by atoms with Crippen LogP contribution in [0.25, 0.3) is 11.0 Å². The minimum absolute atomic E-state index is 0.00681. The van der Waals surface area contributed by atoms with Crippen molar-refractivity contribution in [1.82, 2.24) is 0 Å². The Bertz CT molecular complexity index is 565. The van der Waals surface area contributed by atoms with Crippen molar-refractivity contribution >= 4 is 11.0 Å². The highest BCUT2D eigenvalue weighted by Crippen LogP contribution is 2.29. The SMILES string of the molecule is O=c1cc([C@@H]2CCCO2)oc2ccccc12. The summed E-state index contributed by atoms with van der Waals surface area (Å²) in [6.45, 7) is 0.751. The maximum absolute atomic E-state index is 11.8. The van der Waals surface area contributed by atoms with Crippen LogP contribution in [-0.4, -0.2) is 6.61 Å². The van der Waals surface area contributed by atoms with Gasteiger partial charge in [0.05, 0.1) is 5.39 Å². The van der Waals surface area contributed by atoms with Crippen LogP contribution in [0.5, 0.6) is 0 Å². The average molecular weight is 216 g/mol. The van der Waals surface area contributed by atoms with Gasteiger partial charge in [0.25, 0.3) is 0 Å². The zero-order chi connectivity index (χ0) is 11.0. The van der Waals surface area contributed by atoms with E-state index < -0.39 is 0 Å². The highest BCUT2D eigenvalue weighted by Gasteiger charge is 2.21. The van der Waals surface area contributed by atoms with E-state index in [-0.39, 0.29) is 11.5 Å². The Morgan fingerprint density at radius 3 is 2.94 bits per heavy atom. The summed E-state index contributed by atoms with van der Waals surface area (Å²) in [5.74, 6) is 0.654. The van der Waals surface area contributed by atoms with Crippen LogP contribution in [-0.2, 0) is 4.74 Å². The molecule has 3 heteroatoms. The number of hydrogen-bond acceptors (Lipinski definition) is 3. The fraction of sp³-hybridized carbons (Fsp3) is 0.308. The van der Waals surface area contributed by atoms with Crippen molar-refractivity contribution in [3.05, 3.63) is 46.3 Å². The summed E-state index contributed by atoms with van der Waals surface area (Å²) in [5.41, 5.74) is 0.646. The van der Waals surface area contributed by atoms with Crippen molar-refractivity contribution in [3.8, 4) is 0 Å². The molecule has 2 heterocycles. The van der Waals surface area contributed by atoms with Gasteiger partial charge in [0, 0.05) is 12.7 Å². The first kappa shape index (κ1) is 9.60. The molecule has 1 aromatic carbocycles. The van der Waals surface area contributed by atoms with Crippen LogP contribution < -0.4 is 5.43 Å². The van der Waals surface area contributed by atoms with Gasteiger partial charge in [0.1, 0.15) is 17.4 Å². The van der Waals surface area contributed by atoms with Gasteiger partial charge < -0.3 is 9.15 Å². The highest BCUT2D eigenvalue weighted by atomic mass is 16.5. The van der Waals surface area contributed by atoms with E-state index in [1.54, 1.807) is 12.1 Å². The molecule has 2 aromatic rings. The van der Waals surface area contributed by atoms with Crippen LogP contribution in [0, 0.1) is 0 Å². The lowest BCUT2D eigenvalue weighted by molar-refractivity contribution is 0.0940. The normalized spacial score (nSPS) is 20.4. The molecule has 1 aromatic heterocycles. The lowest BCUT2D eigenvalue weighted by Gasteiger charge is -2.08. The molecule has 0 spiro atoms. The third-order valence-corrected chi connectivity index (χ3v) is 2.90. The van der Waals surface area contributed by atoms with Crippen LogP contribution in [0.15, 0.2) is 39.5 Å². The van der Waals surface area contributed by atoms with E-state index in [2.05, 4.69) is 0 Å². The molecule has 0 radical (unpaired) electrons. The number of rotatable bonds is 1. The van der Waals surface area contributed by atoms with Crippen molar-refractivity contribution in [1.29, 1.82) is 0 Å². The number of hydrogen-bond donors (Lipinski definition) is 0. The maximum Gasteiger partial charge on any atom is 0.193 e. The second-order valence-corrected chi connectivity index (χ2v) is 4.01. The predicted molar refractivity (Wildman–Crippen MR) is 60.4 cm³/mol. The largest absolute Gasteiger partial charge is 0.458 e. The molecule has 1 aliphatic rings. The van der Waals surface area contributed by atoms with Gasteiger partial charge in [-0.15, -0.1) is 0 Å². The highest BCUT2D eigenvalue weighted by molar-refractivity contribution is 5.76. The number of fused-ring (bicyclic) bond motifs is 1. The molecule has 1 saturated heterocycles. The third-order valence-electron chi connectivity index (χ3n) is 2.90. The smallest absolute Gasteiger partial charge is 0.193 e. The zero-order valence-corrected chi connectivity index (χ0v) is 8.81. The lowest BCUT2D eigenvalue weighted by atomic mass is 10.1. The summed E-state index contributed by atoms with van der Waals surface area (Å²) in [4.78, 5) is 11.8. The summed E-state index contributed by atoms with van der Waals surface area (Å²) < 4.78 is 11.2. The molecule has 0 N–H and O–H groups in total. The van der Waals surface area contributed by atoms with E-state index in [0.29, 0.717) is 16.7 Å². The summed E-state index contributed by atoms with van der Waals surface area (Å²) in [7, 11) is 0. The van der Waals surface area contributed by atoms with Crippen LogP contribution in [0.4, 0.5) is 0 Å². The molecule has 0 unspecified atom stereocenters. The first-order valence-corrected chi connectivity index (χ1v) is 5.49. The van der Waals surface area contributed by atoms with Crippen LogP contribution in [0.3, 0.4) is 0 Å². The van der Waals surface area contributed by atoms with Gasteiger partial charge in [0.15, 0.2) is 5.43 Å². The van der Waals surface area contributed by atoms with Crippen molar-refractivity contribution in [2.24, 2.45) is 0 Å². The topological polar surface area (TPSA) is 39.4 Å².